The van der Waals surface area contributed by atoms with Crippen LogP contribution in [-0.2, 0) is 4.79 Å². The number of nitriles is 1. The smallest absolute Gasteiger partial charge is 0.307 e. The number of carbonyl (C=O) groups excluding carboxylic acids is 1. The standard InChI is InChI=1S/C12H9NO3/c13-6-7-1-3-8(4-2-7)11(14)9-5-10(9)12(15)16/h1-4,9-10H,5H2,(H,15,16). The lowest BCUT2D eigenvalue weighted by atomic mass is 10.0. The van der Waals surface area contributed by atoms with Gasteiger partial charge in [0, 0.05) is 11.5 Å². The Morgan fingerprint density at radius 2 is 1.88 bits per heavy atom. The van der Waals surface area contributed by atoms with Gasteiger partial charge in [-0.2, -0.15) is 5.26 Å². The molecule has 80 valence electrons. The molecule has 1 aromatic carbocycles. The fourth-order valence-corrected chi connectivity index (χ4v) is 1.68. The fourth-order valence-electron chi connectivity index (χ4n) is 1.68. The van der Waals surface area contributed by atoms with Crippen molar-refractivity contribution in [2.24, 2.45) is 11.8 Å². The maximum absolute atomic E-state index is 11.8. The van der Waals surface area contributed by atoms with Gasteiger partial charge in [0.05, 0.1) is 17.6 Å². The molecule has 0 bridgehead atoms. The van der Waals surface area contributed by atoms with Gasteiger partial charge in [-0.1, -0.05) is 12.1 Å². The maximum Gasteiger partial charge on any atom is 0.307 e. The van der Waals surface area contributed by atoms with E-state index < -0.39 is 11.9 Å². The van der Waals surface area contributed by atoms with Crippen molar-refractivity contribution in [3.8, 4) is 6.07 Å². The molecule has 1 aromatic rings. The highest BCUT2D eigenvalue weighted by atomic mass is 16.4. The fraction of sp³-hybridized carbons (Fsp3) is 0.250. The van der Waals surface area contributed by atoms with E-state index in [-0.39, 0.29) is 11.7 Å². The molecule has 1 saturated carbocycles. The third-order valence-electron chi connectivity index (χ3n) is 2.74. The van der Waals surface area contributed by atoms with Crippen LogP contribution in [0.2, 0.25) is 0 Å². The first kappa shape index (κ1) is 10.4. The van der Waals surface area contributed by atoms with Gasteiger partial charge in [0.2, 0.25) is 0 Å². The van der Waals surface area contributed by atoms with Gasteiger partial charge in [-0.25, -0.2) is 0 Å². The normalized spacial score (nSPS) is 22.2. The number of carboxylic acids is 1. The first-order valence-electron chi connectivity index (χ1n) is 4.90. The lowest BCUT2D eigenvalue weighted by Crippen LogP contribution is -2.08. The quantitative estimate of drug-likeness (QED) is 0.774. The van der Waals surface area contributed by atoms with Crippen LogP contribution in [0, 0.1) is 23.2 Å². The number of hydrogen-bond donors (Lipinski definition) is 1. The minimum atomic E-state index is -0.910. The number of carbonyl (C=O) groups is 2. The topological polar surface area (TPSA) is 78.2 Å². The third-order valence-corrected chi connectivity index (χ3v) is 2.74. The van der Waals surface area contributed by atoms with Crippen LogP contribution in [0.15, 0.2) is 24.3 Å². The van der Waals surface area contributed by atoms with Crippen LogP contribution in [0.3, 0.4) is 0 Å². The number of Topliss-reactive ketones (excluding diaryl/α,β-unsaturated/α-hetero) is 1. The average molecular weight is 215 g/mol. The summed E-state index contributed by atoms with van der Waals surface area (Å²) in [7, 11) is 0. The summed E-state index contributed by atoms with van der Waals surface area (Å²) in [4.78, 5) is 22.4. The van der Waals surface area contributed by atoms with Crippen molar-refractivity contribution < 1.29 is 14.7 Å². The Morgan fingerprint density at radius 1 is 1.25 bits per heavy atom. The summed E-state index contributed by atoms with van der Waals surface area (Å²) >= 11 is 0. The molecule has 0 spiro atoms. The second kappa shape index (κ2) is 3.78. The number of nitrogens with zero attached hydrogens (tertiary/aromatic N) is 1. The van der Waals surface area contributed by atoms with E-state index >= 15 is 0 Å². The number of rotatable bonds is 3. The minimum absolute atomic E-state index is 0.142. The summed E-state index contributed by atoms with van der Waals surface area (Å²) < 4.78 is 0. The molecule has 2 unspecified atom stereocenters. The zero-order valence-electron chi connectivity index (χ0n) is 8.38. The SMILES string of the molecule is N#Cc1ccc(C(=O)C2CC2C(=O)O)cc1. The zero-order valence-corrected chi connectivity index (χ0v) is 8.38. The highest BCUT2D eigenvalue weighted by Crippen LogP contribution is 2.41. The van der Waals surface area contributed by atoms with Crippen LogP contribution in [-0.4, -0.2) is 16.9 Å². The van der Waals surface area contributed by atoms with E-state index in [4.69, 9.17) is 10.4 Å². The Bertz CT molecular complexity index is 484. The molecule has 1 fully saturated rings. The van der Waals surface area contributed by atoms with Crippen LogP contribution in [0.4, 0.5) is 0 Å². The van der Waals surface area contributed by atoms with Gasteiger partial charge in [0.1, 0.15) is 0 Å². The molecule has 2 rings (SSSR count). The molecule has 1 N–H and O–H groups in total. The summed E-state index contributed by atoms with van der Waals surface area (Å²) in [5.41, 5.74) is 0.967. The predicted octanol–water partition coefficient (Wildman–Crippen LogP) is 1.46. The molecule has 0 radical (unpaired) electrons. The van der Waals surface area contributed by atoms with Gasteiger partial charge in [-0.15, -0.1) is 0 Å². The first-order valence-corrected chi connectivity index (χ1v) is 4.90. The summed E-state index contributed by atoms with van der Waals surface area (Å²) in [5.74, 6) is -1.96. The highest BCUT2D eigenvalue weighted by Gasteiger charge is 2.48. The second-order valence-electron chi connectivity index (χ2n) is 3.84. The van der Waals surface area contributed by atoms with Gasteiger partial charge in [0.25, 0.3) is 0 Å². The van der Waals surface area contributed by atoms with E-state index in [2.05, 4.69) is 0 Å². The van der Waals surface area contributed by atoms with E-state index in [1.807, 2.05) is 6.07 Å². The molecule has 0 heterocycles. The van der Waals surface area contributed by atoms with E-state index in [1.54, 1.807) is 24.3 Å². The number of aliphatic carboxylic acids is 1. The predicted molar refractivity (Wildman–Crippen MR) is 54.7 cm³/mol. The van der Waals surface area contributed by atoms with Crippen LogP contribution in [0.25, 0.3) is 0 Å². The van der Waals surface area contributed by atoms with Crippen LogP contribution < -0.4 is 0 Å². The molecule has 4 nitrogen and oxygen atoms in total. The molecule has 1 aliphatic rings. The maximum atomic E-state index is 11.8. The molecular weight excluding hydrogens is 206 g/mol. The van der Waals surface area contributed by atoms with Crippen molar-refractivity contribution in [2.45, 2.75) is 6.42 Å². The number of carboxylic acid groups (broad SMARTS) is 1. The van der Waals surface area contributed by atoms with Crippen LogP contribution >= 0.6 is 0 Å². The monoisotopic (exact) mass is 215 g/mol. The molecule has 2 atom stereocenters. The number of hydrogen-bond acceptors (Lipinski definition) is 3. The van der Waals surface area contributed by atoms with Gasteiger partial charge in [-0.3, -0.25) is 9.59 Å². The van der Waals surface area contributed by atoms with Gasteiger partial charge in [-0.05, 0) is 18.6 Å². The Balaban J connectivity index is 2.11. The van der Waals surface area contributed by atoms with Crippen LogP contribution in [0.1, 0.15) is 22.3 Å². The molecule has 16 heavy (non-hydrogen) atoms. The molecular formula is C12H9NO3. The largest absolute Gasteiger partial charge is 0.481 e. The Morgan fingerprint density at radius 3 is 2.31 bits per heavy atom. The molecule has 0 saturated heterocycles. The van der Waals surface area contributed by atoms with Crippen molar-refractivity contribution in [3.63, 3.8) is 0 Å². The summed E-state index contributed by atoms with van der Waals surface area (Å²) in [6.07, 6.45) is 0.425. The van der Waals surface area contributed by atoms with Crippen molar-refractivity contribution in [1.82, 2.24) is 0 Å². The number of ketones is 1. The lowest BCUT2D eigenvalue weighted by molar-refractivity contribution is -0.138. The van der Waals surface area contributed by atoms with Gasteiger partial charge in [0.15, 0.2) is 5.78 Å². The van der Waals surface area contributed by atoms with Crippen LogP contribution in [0.5, 0.6) is 0 Å². The van der Waals surface area contributed by atoms with Crippen molar-refractivity contribution in [2.75, 3.05) is 0 Å². The molecule has 0 amide bonds. The van der Waals surface area contributed by atoms with Crippen molar-refractivity contribution in [3.05, 3.63) is 35.4 Å². The molecule has 4 heteroatoms. The summed E-state index contributed by atoms with van der Waals surface area (Å²) in [5, 5.41) is 17.3. The van der Waals surface area contributed by atoms with E-state index in [9.17, 15) is 9.59 Å². The number of benzene rings is 1. The third kappa shape index (κ3) is 1.80. The van der Waals surface area contributed by atoms with Crippen molar-refractivity contribution >= 4 is 11.8 Å². The molecule has 1 aliphatic carbocycles. The highest BCUT2D eigenvalue weighted by molar-refractivity contribution is 6.02. The molecule has 0 aliphatic heterocycles. The second-order valence-corrected chi connectivity index (χ2v) is 3.84. The Kier molecular flexibility index (Phi) is 2.45. The molecule has 0 aromatic heterocycles. The Labute approximate surface area is 92.1 Å². The first-order chi connectivity index (χ1) is 7.63. The van der Waals surface area contributed by atoms with Gasteiger partial charge >= 0.3 is 5.97 Å². The lowest BCUT2D eigenvalue weighted by Gasteiger charge is -1.98. The summed E-state index contributed by atoms with van der Waals surface area (Å²) in [6.45, 7) is 0. The van der Waals surface area contributed by atoms with E-state index in [0.29, 0.717) is 17.5 Å². The minimum Gasteiger partial charge on any atom is -0.481 e. The van der Waals surface area contributed by atoms with E-state index in [0.717, 1.165) is 0 Å². The Hall–Kier alpha value is -2.15. The average Bonchev–Trinajstić information content (AvgIpc) is 3.08. The van der Waals surface area contributed by atoms with E-state index in [1.165, 1.54) is 0 Å². The van der Waals surface area contributed by atoms with Crippen molar-refractivity contribution in [1.29, 1.82) is 5.26 Å². The van der Waals surface area contributed by atoms with Gasteiger partial charge < -0.3 is 5.11 Å². The zero-order chi connectivity index (χ0) is 11.7. The summed E-state index contributed by atoms with van der Waals surface area (Å²) in [6, 6.07) is 8.22.